The molecule has 2 aromatic rings. The molecular weight excluding hydrogens is 667 g/mol. The third-order valence-electron chi connectivity index (χ3n) is 8.49. The van der Waals surface area contributed by atoms with E-state index in [1.165, 1.54) is 18.9 Å². The molecule has 12 heteroatoms. The zero-order chi connectivity index (χ0) is 35.5. The lowest BCUT2D eigenvalue weighted by molar-refractivity contribution is 0.0681. The van der Waals surface area contributed by atoms with Gasteiger partial charge >= 0.3 is 6.85 Å². The van der Waals surface area contributed by atoms with E-state index in [4.69, 9.17) is 21.6 Å². The second-order valence-corrected chi connectivity index (χ2v) is 21.2. The molecule has 0 amide bonds. The van der Waals surface area contributed by atoms with Gasteiger partial charge in [-0.3, -0.25) is 14.0 Å². The summed E-state index contributed by atoms with van der Waals surface area (Å²) in [5.41, 5.74) is 4.29. The summed E-state index contributed by atoms with van der Waals surface area (Å²) in [5, 5.41) is 4.60. The predicted molar refractivity (Wildman–Crippen MR) is 205 cm³/mol. The van der Waals surface area contributed by atoms with Crippen LogP contribution in [0, 0.1) is 6.92 Å². The van der Waals surface area contributed by atoms with Gasteiger partial charge in [0.15, 0.2) is 17.0 Å². The number of benzene rings is 2. The van der Waals surface area contributed by atoms with E-state index in [0.29, 0.717) is 13.0 Å². The second kappa shape index (κ2) is 18.5. The summed E-state index contributed by atoms with van der Waals surface area (Å²) >= 11 is 6.31. The highest BCUT2D eigenvalue weighted by molar-refractivity contribution is 8.04. The second-order valence-electron chi connectivity index (χ2n) is 13.4. The minimum absolute atomic E-state index is 0.111. The third kappa shape index (κ3) is 13.4. The van der Waals surface area contributed by atoms with E-state index >= 15 is 0 Å². The molecule has 47 heavy (non-hydrogen) atoms. The van der Waals surface area contributed by atoms with Crippen LogP contribution in [0.25, 0.3) is 0 Å². The van der Waals surface area contributed by atoms with Gasteiger partial charge in [-0.25, -0.2) is 0 Å². The number of aryl methyl sites for hydroxylation is 1. The van der Waals surface area contributed by atoms with E-state index in [-0.39, 0.29) is 23.3 Å². The van der Waals surface area contributed by atoms with Crippen molar-refractivity contribution in [2.45, 2.75) is 104 Å². The number of ether oxygens (including phenoxy) is 1. The fourth-order valence-corrected chi connectivity index (χ4v) is 11.6. The topological polar surface area (TPSA) is 103 Å². The summed E-state index contributed by atoms with van der Waals surface area (Å²) in [4.78, 5) is 21.5. The predicted octanol–water partition coefficient (Wildman–Crippen LogP) is 9.52. The van der Waals surface area contributed by atoms with Crippen molar-refractivity contribution in [1.29, 1.82) is 0 Å². The molecule has 2 aromatic carbocycles. The lowest BCUT2D eigenvalue weighted by Crippen LogP contribution is -2.31. The maximum atomic E-state index is 12.1. The van der Waals surface area contributed by atoms with Crippen LogP contribution in [0.15, 0.2) is 47.6 Å². The van der Waals surface area contributed by atoms with E-state index in [2.05, 4.69) is 59.7 Å². The molecule has 8 nitrogen and oxygen atoms in total. The van der Waals surface area contributed by atoms with Gasteiger partial charge in [-0.05, 0) is 80.5 Å². The maximum Gasteiger partial charge on any atom is 0.321 e. The normalized spacial score (nSPS) is 16.5. The van der Waals surface area contributed by atoms with Crippen LogP contribution in [-0.4, -0.2) is 70.8 Å². The molecule has 0 heterocycles. The first-order valence-electron chi connectivity index (χ1n) is 16.9. The first kappa shape index (κ1) is 41.7. The smallest absolute Gasteiger partial charge is 0.321 e. The van der Waals surface area contributed by atoms with Crippen LogP contribution < -0.4 is 4.74 Å². The molecule has 0 bridgehead atoms. The molecule has 0 aliphatic heterocycles. The molecule has 0 aliphatic rings. The molecule has 2 rings (SSSR count). The highest BCUT2D eigenvalue weighted by atomic mass is 32.4. The number of hydrogen-bond acceptors (Lipinski definition) is 6. The zero-order valence-corrected chi connectivity index (χ0v) is 33.6. The van der Waals surface area contributed by atoms with Crippen molar-refractivity contribution in [3.63, 3.8) is 0 Å². The van der Waals surface area contributed by atoms with Crippen molar-refractivity contribution >= 4 is 39.6 Å². The Kier molecular flexibility index (Phi) is 16.5. The van der Waals surface area contributed by atoms with Crippen LogP contribution in [0.2, 0.25) is 0 Å². The maximum absolute atomic E-state index is 12.1. The van der Waals surface area contributed by atoms with Gasteiger partial charge < -0.3 is 14.5 Å². The largest absolute Gasteiger partial charge is 0.488 e. The lowest BCUT2D eigenvalue weighted by Gasteiger charge is -2.30. The summed E-state index contributed by atoms with van der Waals surface area (Å²) in [5.74, 6) is 0.877. The highest BCUT2D eigenvalue weighted by Crippen LogP contribution is 2.55. The first-order valence-corrected chi connectivity index (χ1v) is 23.7. The van der Waals surface area contributed by atoms with Gasteiger partial charge in [-0.15, -0.1) is 9.88 Å². The quantitative estimate of drug-likeness (QED) is 0.0745. The van der Waals surface area contributed by atoms with Crippen molar-refractivity contribution in [2.24, 2.45) is 5.10 Å². The minimum Gasteiger partial charge on any atom is -0.488 e. The Balaban J connectivity index is 2.25. The van der Waals surface area contributed by atoms with Crippen LogP contribution in [-0.2, 0) is 32.5 Å². The van der Waals surface area contributed by atoms with Gasteiger partial charge in [0.25, 0.3) is 0 Å². The number of rotatable bonds is 21. The Morgan fingerprint density at radius 2 is 1.49 bits per heavy atom. The number of hydrogen-bond donors (Lipinski definition) is 2. The van der Waals surface area contributed by atoms with Gasteiger partial charge in [0.05, 0.1) is 25.8 Å². The molecule has 4 atom stereocenters. The van der Waals surface area contributed by atoms with Crippen LogP contribution in [0.4, 0.5) is 0 Å². The number of nitrogens with zero attached hydrogens (tertiary/aromatic N) is 3. The summed E-state index contributed by atoms with van der Waals surface area (Å²) in [7, 11) is -4.78. The molecule has 2 N–H and O–H groups in total. The zero-order valence-electron chi connectivity index (χ0n) is 30.1. The Hall–Kier alpha value is -1.43. The van der Waals surface area contributed by atoms with Crippen LogP contribution >= 0.6 is 21.6 Å². The minimum atomic E-state index is -3.38. The van der Waals surface area contributed by atoms with Crippen molar-refractivity contribution in [3.05, 3.63) is 64.7 Å². The van der Waals surface area contributed by atoms with Gasteiger partial charge in [0.2, 0.25) is 14.7 Å². The highest BCUT2D eigenvalue weighted by Gasteiger charge is 2.48. The average Bonchev–Trinajstić information content (AvgIpc) is 2.96. The van der Waals surface area contributed by atoms with Gasteiger partial charge in [0, 0.05) is 31.9 Å². The van der Waals surface area contributed by atoms with E-state index in [9.17, 15) is 18.9 Å². The fraction of sp³-hybridized carbons (Fsp3) is 0.629. The van der Waals surface area contributed by atoms with Crippen LogP contribution in [0.1, 0.15) is 102 Å². The van der Waals surface area contributed by atoms with Crippen molar-refractivity contribution < 1.29 is 23.7 Å². The molecule has 0 fully saturated rings. The van der Waals surface area contributed by atoms with E-state index in [0.717, 1.165) is 67.4 Å². The summed E-state index contributed by atoms with van der Waals surface area (Å²) in [6, 6.07) is 14.6. The molecule has 0 saturated carbocycles. The van der Waals surface area contributed by atoms with Gasteiger partial charge in [-0.1, -0.05) is 65.2 Å². The van der Waals surface area contributed by atoms with Crippen LogP contribution in [0.3, 0.4) is 0 Å². The van der Waals surface area contributed by atoms with Gasteiger partial charge in [-0.2, -0.15) is 0 Å². The first-order chi connectivity index (χ1) is 21.9. The molecule has 4 unspecified atom stereocenters. The van der Waals surface area contributed by atoms with Crippen LogP contribution in [0.5, 0.6) is 5.75 Å². The van der Waals surface area contributed by atoms with Crippen molar-refractivity contribution in [3.8, 4) is 5.75 Å². The fourth-order valence-electron chi connectivity index (χ4n) is 6.53. The Labute approximate surface area is 290 Å². The van der Waals surface area contributed by atoms with E-state index in [1.54, 1.807) is 4.90 Å². The standard InChI is InChI=1S/C35H58N3O5P3S/c1-10-21-34(6,22-11-2)43-32-17-14-31(15-18-32)26-36-37(7)44(47)35(13-4,23-12-3)33-19-16-30(25-29(33)5)20-24-38(27-45(8,39)40)28-46(9,41)42/h14-19,25-26H,10-13,20-24,27-28H2,1-9H3,(H-,39,40,41,42)/p+1. The third-order valence-corrected chi connectivity index (χ3v) is 14.2. The van der Waals surface area contributed by atoms with E-state index in [1.807, 2.05) is 42.3 Å². The lowest BCUT2D eigenvalue weighted by atomic mass is 9.87. The van der Waals surface area contributed by atoms with Crippen molar-refractivity contribution in [2.75, 3.05) is 39.5 Å². The Morgan fingerprint density at radius 3 is 1.96 bits per heavy atom. The summed E-state index contributed by atoms with van der Waals surface area (Å²) < 4.78 is 32.5. The Bertz CT molecular complexity index is 1400. The molecule has 0 radical (unpaired) electrons. The molecule has 0 aliphatic carbocycles. The molecule has 0 aromatic heterocycles. The molecule has 264 valence electrons. The monoisotopic (exact) mass is 726 g/mol. The van der Waals surface area contributed by atoms with Gasteiger partial charge in [0.1, 0.15) is 11.4 Å². The Morgan fingerprint density at radius 1 is 0.936 bits per heavy atom. The number of hydrazone groups is 1. The molecular formula is C35H59N3O5P3S+. The summed E-state index contributed by atoms with van der Waals surface area (Å²) in [6.07, 6.45) is 9.29. The summed E-state index contributed by atoms with van der Waals surface area (Å²) in [6.45, 7) is 15.0. The molecule has 0 saturated heterocycles. The molecule has 0 spiro atoms. The SMILES string of the molecule is CCCC(C)(CCC)Oc1ccc(C=NN(C)[P+](=S)C(CC)(CCC)c2ccc(CCN(CP(C)(=O)O)CP(C)(=O)O)cc2C)cc1. The van der Waals surface area contributed by atoms with E-state index < -0.39 is 21.6 Å². The average molecular weight is 727 g/mol. The van der Waals surface area contributed by atoms with Crippen molar-refractivity contribution in [1.82, 2.24) is 9.68 Å².